The van der Waals surface area contributed by atoms with Crippen LogP contribution in [0.5, 0.6) is 0 Å². The van der Waals surface area contributed by atoms with Crippen LogP contribution in [0.3, 0.4) is 0 Å². The molecule has 0 heterocycles. The lowest BCUT2D eigenvalue weighted by Gasteiger charge is -2.02. The van der Waals surface area contributed by atoms with Crippen LogP contribution in [0, 0.1) is 0 Å². The molecule has 0 aliphatic rings. The van der Waals surface area contributed by atoms with Crippen molar-refractivity contribution in [2.75, 3.05) is 0 Å². The summed E-state index contributed by atoms with van der Waals surface area (Å²) >= 11 is 0. The standard InChI is InChI=1S/C12H14N4O2/c1-3-13-15-11(17)9-5-7-10(8-6-9)12(18)16-14-4-2/h3-8H,1-2H3,(H,15,17)(H,16,18)/b13-3+,14-4+. The van der Waals surface area contributed by atoms with Gasteiger partial charge in [-0.15, -0.1) is 0 Å². The molecule has 0 fully saturated rings. The number of benzene rings is 1. The zero-order valence-corrected chi connectivity index (χ0v) is 10.2. The van der Waals surface area contributed by atoms with Crippen molar-refractivity contribution in [2.24, 2.45) is 10.2 Å². The summed E-state index contributed by atoms with van der Waals surface area (Å²) < 4.78 is 0. The van der Waals surface area contributed by atoms with E-state index >= 15 is 0 Å². The normalized spacial score (nSPS) is 10.8. The van der Waals surface area contributed by atoms with Gasteiger partial charge >= 0.3 is 0 Å². The third kappa shape index (κ3) is 3.82. The van der Waals surface area contributed by atoms with Crippen molar-refractivity contribution in [2.45, 2.75) is 13.8 Å². The minimum atomic E-state index is -0.327. The largest absolute Gasteiger partial charge is 0.271 e. The predicted molar refractivity (Wildman–Crippen MR) is 69.7 cm³/mol. The van der Waals surface area contributed by atoms with Crippen LogP contribution in [0.4, 0.5) is 0 Å². The molecule has 6 nitrogen and oxygen atoms in total. The van der Waals surface area contributed by atoms with Gasteiger partial charge in [-0.05, 0) is 38.1 Å². The summed E-state index contributed by atoms with van der Waals surface area (Å²) in [5.41, 5.74) is 5.53. The first-order valence-corrected chi connectivity index (χ1v) is 5.35. The van der Waals surface area contributed by atoms with Gasteiger partial charge in [0.15, 0.2) is 0 Å². The van der Waals surface area contributed by atoms with E-state index in [-0.39, 0.29) is 11.8 Å². The van der Waals surface area contributed by atoms with E-state index in [9.17, 15) is 9.59 Å². The smallest absolute Gasteiger partial charge is 0.267 e. The van der Waals surface area contributed by atoms with Crippen LogP contribution < -0.4 is 10.9 Å². The number of hydrogen-bond donors (Lipinski definition) is 2. The number of nitrogens with one attached hydrogen (secondary N) is 2. The molecule has 0 radical (unpaired) electrons. The highest BCUT2D eigenvalue weighted by Gasteiger charge is 2.07. The van der Waals surface area contributed by atoms with Crippen LogP contribution in [-0.2, 0) is 0 Å². The quantitative estimate of drug-likeness (QED) is 0.617. The monoisotopic (exact) mass is 246 g/mol. The highest BCUT2D eigenvalue weighted by Crippen LogP contribution is 2.04. The molecular formula is C12H14N4O2. The fourth-order valence-corrected chi connectivity index (χ4v) is 1.15. The summed E-state index contributed by atoms with van der Waals surface area (Å²) in [6.45, 7) is 3.39. The molecule has 0 aliphatic carbocycles. The average Bonchev–Trinajstić information content (AvgIpc) is 2.42. The summed E-state index contributed by atoms with van der Waals surface area (Å²) in [6, 6.07) is 6.19. The summed E-state index contributed by atoms with van der Waals surface area (Å²) in [5.74, 6) is -0.654. The van der Waals surface area contributed by atoms with E-state index in [1.54, 1.807) is 38.1 Å². The van der Waals surface area contributed by atoms with Gasteiger partial charge in [0.25, 0.3) is 11.8 Å². The number of hydrazone groups is 2. The highest BCUT2D eigenvalue weighted by atomic mass is 16.2. The van der Waals surface area contributed by atoms with Crippen LogP contribution in [0.1, 0.15) is 34.6 Å². The average molecular weight is 246 g/mol. The third-order valence-corrected chi connectivity index (χ3v) is 2.00. The van der Waals surface area contributed by atoms with E-state index in [1.807, 2.05) is 0 Å². The Hall–Kier alpha value is -2.50. The molecule has 0 bridgehead atoms. The lowest BCUT2D eigenvalue weighted by atomic mass is 10.1. The SMILES string of the molecule is C/C=N/NC(=O)c1ccc(C(=O)N/N=C/C)cc1. The van der Waals surface area contributed by atoms with E-state index in [0.29, 0.717) is 11.1 Å². The summed E-state index contributed by atoms with van der Waals surface area (Å²) in [7, 11) is 0. The van der Waals surface area contributed by atoms with Gasteiger partial charge in [0.05, 0.1) is 0 Å². The molecule has 1 rings (SSSR count). The maximum Gasteiger partial charge on any atom is 0.271 e. The van der Waals surface area contributed by atoms with E-state index in [2.05, 4.69) is 21.1 Å². The van der Waals surface area contributed by atoms with Crippen LogP contribution in [0.25, 0.3) is 0 Å². The molecule has 1 aromatic carbocycles. The molecule has 0 saturated heterocycles. The Balaban J connectivity index is 2.73. The second-order valence-corrected chi connectivity index (χ2v) is 3.23. The van der Waals surface area contributed by atoms with E-state index in [0.717, 1.165) is 0 Å². The molecule has 2 amide bonds. The zero-order valence-electron chi connectivity index (χ0n) is 10.2. The Morgan fingerprint density at radius 2 is 1.22 bits per heavy atom. The number of amides is 2. The van der Waals surface area contributed by atoms with Crippen molar-refractivity contribution < 1.29 is 9.59 Å². The highest BCUT2D eigenvalue weighted by molar-refractivity contribution is 5.97. The first-order valence-electron chi connectivity index (χ1n) is 5.35. The number of carbonyl (C=O) groups excluding carboxylic acids is 2. The van der Waals surface area contributed by atoms with Crippen molar-refractivity contribution in [3.8, 4) is 0 Å². The van der Waals surface area contributed by atoms with Crippen molar-refractivity contribution in [3.63, 3.8) is 0 Å². The molecule has 0 spiro atoms. The maximum atomic E-state index is 11.5. The van der Waals surface area contributed by atoms with Gasteiger partial charge < -0.3 is 0 Å². The Morgan fingerprint density at radius 3 is 1.50 bits per heavy atom. The van der Waals surface area contributed by atoms with Gasteiger partial charge in [0.2, 0.25) is 0 Å². The fraction of sp³-hybridized carbons (Fsp3) is 0.167. The van der Waals surface area contributed by atoms with Gasteiger partial charge in [-0.1, -0.05) is 0 Å². The van der Waals surface area contributed by atoms with E-state index in [4.69, 9.17) is 0 Å². The van der Waals surface area contributed by atoms with E-state index in [1.165, 1.54) is 12.4 Å². The molecule has 1 aromatic rings. The molecule has 0 atom stereocenters. The molecule has 0 aliphatic heterocycles. The Morgan fingerprint density at radius 1 is 0.889 bits per heavy atom. The molecule has 0 unspecified atom stereocenters. The first kappa shape index (κ1) is 13.6. The Labute approximate surface area is 105 Å². The summed E-state index contributed by atoms with van der Waals surface area (Å²) in [6.07, 6.45) is 2.95. The molecule has 6 heteroatoms. The zero-order chi connectivity index (χ0) is 13.4. The van der Waals surface area contributed by atoms with Crippen molar-refractivity contribution in [1.82, 2.24) is 10.9 Å². The summed E-state index contributed by atoms with van der Waals surface area (Å²) in [4.78, 5) is 23.0. The topological polar surface area (TPSA) is 82.9 Å². The second-order valence-electron chi connectivity index (χ2n) is 3.23. The van der Waals surface area contributed by atoms with Crippen LogP contribution >= 0.6 is 0 Å². The first-order chi connectivity index (χ1) is 8.69. The number of nitrogens with zero attached hydrogens (tertiary/aromatic N) is 2. The van der Waals surface area contributed by atoms with Crippen LogP contribution in [0.15, 0.2) is 34.5 Å². The van der Waals surface area contributed by atoms with Crippen molar-refractivity contribution in [3.05, 3.63) is 35.4 Å². The fourth-order valence-electron chi connectivity index (χ4n) is 1.15. The lowest BCUT2D eigenvalue weighted by Crippen LogP contribution is -2.19. The molecule has 0 saturated carbocycles. The molecular weight excluding hydrogens is 232 g/mol. The molecule has 0 aromatic heterocycles. The predicted octanol–water partition coefficient (Wildman–Crippen LogP) is 1.16. The Kier molecular flexibility index (Phi) is 5.24. The molecule has 18 heavy (non-hydrogen) atoms. The van der Waals surface area contributed by atoms with Crippen molar-refractivity contribution >= 4 is 24.2 Å². The molecule has 2 N–H and O–H groups in total. The van der Waals surface area contributed by atoms with Crippen LogP contribution in [0.2, 0.25) is 0 Å². The van der Waals surface area contributed by atoms with E-state index < -0.39 is 0 Å². The second kappa shape index (κ2) is 6.95. The van der Waals surface area contributed by atoms with Crippen LogP contribution in [-0.4, -0.2) is 24.2 Å². The number of carbonyl (C=O) groups is 2. The Bertz CT molecular complexity index is 432. The molecule has 94 valence electrons. The third-order valence-electron chi connectivity index (χ3n) is 2.00. The summed E-state index contributed by atoms with van der Waals surface area (Å²) in [5, 5.41) is 7.25. The van der Waals surface area contributed by atoms with Crippen molar-refractivity contribution in [1.29, 1.82) is 0 Å². The number of hydrogen-bond acceptors (Lipinski definition) is 4. The van der Waals surface area contributed by atoms with Gasteiger partial charge in [-0.25, -0.2) is 10.9 Å². The minimum absolute atomic E-state index is 0.327. The maximum absolute atomic E-state index is 11.5. The van der Waals surface area contributed by atoms with Gasteiger partial charge in [-0.3, -0.25) is 9.59 Å². The van der Waals surface area contributed by atoms with Gasteiger partial charge in [0.1, 0.15) is 0 Å². The number of rotatable bonds is 4. The van der Waals surface area contributed by atoms with Gasteiger partial charge in [-0.2, -0.15) is 10.2 Å². The lowest BCUT2D eigenvalue weighted by molar-refractivity contribution is 0.0943. The van der Waals surface area contributed by atoms with Gasteiger partial charge in [0, 0.05) is 23.6 Å². The minimum Gasteiger partial charge on any atom is -0.267 e.